The minimum Gasteiger partial charge on any atom is -0.330 e. The average molecular weight is 283 g/mol. The Balaban J connectivity index is 2.03. The maximum absolute atomic E-state index is 12.1. The lowest BCUT2D eigenvalue weighted by Crippen LogP contribution is -2.37. The van der Waals surface area contributed by atoms with E-state index in [1.165, 1.54) is 0 Å². The van der Waals surface area contributed by atoms with E-state index < -0.39 is 0 Å². The minimum atomic E-state index is -0.197. The summed E-state index contributed by atoms with van der Waals surface area (Å²) in [7, 11) is 3.99. The van der Waals surface area contributed by atoms with E-state index in [0.717, 1.165) is 17.8 Å². The molecule has 110 valence electrons. The third-order valence-electron chi connectivity index (χ3n) is 3.09. The SMILES string of the molecule is CN(C)C[C@H](NC(=O)Nc1ccccc1)c1ccccc1. The van der Waals surface area contributed by atoms with Crippen molar-refractivity contribution in [3.05, 3.63) is 66.2 Å². The first-order valence-corrected chi connectivity index (χ1v) is 6.97. The van der Waals surface area contributed by atoms with E-state index in [9.17, 15) is 4.79 Å². The van der Waals surface area contributed by atoms with Crippen LogP contribution in [-0.2, 0) is 0 Å². The molecule has 0 radical (unpaired) electrons. The number of nitrogens with zero attached hydrogens (tertiary/aromatic N) is 1. The highest BCUT2D eigenvalue weighted by Gasteiger charge is 2.15. The fourth-order valence-electron chi connectivity index (χ4n) is 2.13. The molecule has 4 heteroatoms. The quantitative estimate of drug-likeness (QED) is 0.885. The molecule has 2 rings (SSSR count). The highest BCUT2D eigenvalue weighted by atomic mass is 16.2. The Morgan fingerprint density at radius 1 is 1.00 bits per heavy atom. The van der Waals surface area contributed by atoms with Gasteiger partial charge in [-0.05, 0) is 31.8 Å². The number of rotatable bonds is 5. The average Bonchev–Trinajstić information content (AvgIpc) is 2.48. The van der Waals surface area contributed by atoms with Crippen molar-refractivity contribution < 1.29 is 4.79 Å². The Morgan fingerprint density at radius 2 is 1.57 bits per heavy atom. The van der Waals surface area contributed by atoms with Gasteiger partial charge in [-0.1, -0.05) is 48.5 Å². The van der Waals surface area contributed by atoms with E-state index in [1.807, 2.05) is 74.8 Å². The second kappa shape index (κ2) is 7.45. The smallest absolute Gasteiger partial charge is 0.319 e. The minimum absolute atomic E-state index is 0.0510. The topological polar surface area (TPSA) is 44.4 Å². The van der Waals surface area contributed by atoms with E-state index in [2.05, 4.69) is 15.5 Å². The van der Waals surface area contributed by atoms with E-state index in [1.54, 1.807) is 0 Å². The van der Waals surface area contributed by atoms with Crippen molar-refractivity contribution >= 4 is 11.7 Å². The van der Waals surface area contributed by atoms with Crippen LogP contribution in [0.1, 0.15) is 11.6 Å². The van der Waals surface area contributed by atoms with Crippen molar-refractivity contribution in [1.29, 1.82) is 0 Å². The third-order valence-corrected chi connectivity index (χ3v) is 3.09. The molecule has 0 heterocycles. The second-order valence-corrected chi connectivity index (χ2v) is 5.19. The van der Waals surface area contributed by atoms with Crippen LogP contribution in [0.15, 0.2) is 60.7 Å². The number of nitrogens with one attached hydrogen (secondary N) is 2. The predicted octanol–water partition coefficient (Wildman–Crippen LogP) is 3.11. The van der Waals surface area contributed by atoms with E-state index >= 15 is 0 Å². The van der Waals surface area contributed by atoms with Crippen molar-refractivity contribution in [2.75, 3.05) is 26.0 Å². The molecule has 2 aromatic carbocycles. The Kier molecular flexibility index (Phi) is 5.35. The zero-order valence-electron chi connectivity index (χ0n) is 12.4. The Morgan fingerprint density at radius 3 is 2.14 bits per heavy atom. The molecular formula is C17H21N3O. The molecule has 0 bridgehead atoms. The van der Waals surface area contributed by atoms with Crippen molar-refractivity contribution in [2.45, 2.75) is 6.04 Å². The van der Waals surface area contributed by atoms with Gasteiger partial charge in [0.2, 0.25) is 0 Å². The maximum atomic E-state index is 12.1. The predicted molar refractivity (Wildman–Crippen MR) is 86.3 cm³/mol. The van der Waals surface area contributed by atoms with Gasteiger partial charge >= 0.3 is 6.03 Å². The normalized spacial score (nSPS) is 12.0. The number of hydrogen-bond donors (Lipinski definition) is 2. The fraction of sp³-hybridized carbons (Fsp3) is 0.235. The molecule has 0 aromatic heterocycles. The number of anilines is 1. The number of amides is 2. The first-order chi connectivity index (χ1) is 10.1. The van der Waals surface area contributed by atoms with Crippen LogP contribution in [0.4, 0.5) is 10.5 Å². The van der Waals surface area contributed by atoms with Crippen LogP contribution in [0.2, 0.25) is 0 Å². The lowest BCUT2D eigenvalue weighted by atomic mass is 10.1. The molecule has 2 N–H and O–H groups in total. The summed E-state index contributed by atoms with van der Waals surface area (Å²) in [5.74, 6) is 0. The van der Waals surface area contributed by atoms with Gasteiger partial charge in [-0.3, -0.25) is 0 Å². The number of urea groups is 1. The Labute approximate surface area is 125 Å². The molecule has 0 saturated carbocycles. The van der Waals surface area contributed by atoms with Gasteiger partial charge in [0.1, 0.15) is 0 Å². The zero-order valence-corrected chi connectivity index (χ0v) is 12.4. The molecule has 0 spiro atoms. The third kappa shape index (κ3) is 4.93. The van der Waals surface area contributed by atoms with Gasteiger partial charge in [0.05, 0.1) is 6.04 Å². The van der Waals surface area contributed by atoms with E-state index in [-0.39, 0.29) is 12.1 Å². The second-order valence-electron chi connectivity index (χ2n) is 5.19. The van der Waals surface area contributed by atoms with Gasteiger partial charge < -0.3 is 15.5 Å². The molecule has 0 aliphatic carbocycles. The van der Waals surface area contributed by atoms with Crippen molar-refractivity contribution in [2.24, 2.45) is 0 Å². The van der Waals surface area contributed by atoms with Gasteiger partial charge in [-0.2, -0.15) is 0 Å². The lowest BCUT2D eigenvalue weighted by Gasteiger charge is -2.23. The summed E-state index contributed by atoms with van der Waals surface area (Å²) < 4.78 is 0. The summed E-state index contributed by atoms with van der Waals surface area (Å²) in [6.45, 7) is 0.742. The van der Waals surface area contributed by atoms with Crippen LogP contribution in [0.3, 0.4) is 0 Å². The number of hydrogen-bond acceptors (Lipinski definition) is 2. The van der Waals surface area contributed by atoms with Crippen molar-refractivity contribution in [1.82, 2.24) is 10.2 Å². The van der Waals surface area contributed by atoms with Crippen LogP contribution in [0.5, 0.6) is 0 Å². The first-order valence-electron chi connectivity index (χ1n) is 6.97. The number of benzene rings is 2. The fourth-order valence-corrected chi connectivity index (χ4v) is 2.13. The van der Waals surface area contributed by atoms with Crippen molar-refractivity contribution in [3.63, 3.8) is 0 Å². The summed E-state index contributed by atoms with van der Waals surface area (Å²) in [5, 5.41) is 5.87. The van der Waals surface area contributed by atoms with Gasteiger partial charge in [0, 0.05) is 12.2 Å². The van der Waals surface area contributed by atoms with Gasteiger partial charge in [-0.15, -0.1) is 0 Å². The number of likely N-dealkylation sites (N-methyl/N-ethyl adjacent to an activating group) is 1. The largest absolute Gasteiger partial charge is 0.330 e. The lowest BCUT2D eigenvalue weighted by molar-refractivity contribution is 0.244. The van der Waals surface area contributed by atoms with Crippen molar-refractivity contribution in [3.8, 4) is 0 Å². The molecule has 0 aliphatic heterocycles. The molecule has 0 unspecified atom stereocenters. The van der Waals surface area contributed by atoms with Gasteiger partial charge in [0.25, 0.3) is 0 Å². The highest BCUT2D eigenvalue weighted by molar-refractivity contribution is 5.89. The highest BCUT2D eigenvalue weighted by Crippen LogP contribution is 2.14. The maximum Gasteiger partial charge on any atom is 0.319 e. The molecule has 0 fully saturated rings. The molecule has 21 heavy (non-hydrogen) atoms. The molecule has 0 saturated heterocycles. The van der Waals surface area contributed by atoms with E-state index in [4.69, 9.17) is 0 Å². The molecule has 0 aliphatic rings. The molecule has 2 amide bonds. The molecule has 2 aromatic rings. The van der Waals surface area contributed by atoms with Crippen LogP contribution in [0, 0.1) is 0 Å². The summed E-state index contributed by atoms with van der Waals surface area (Å²) >= 11 is 0. The van der Waals surface area contributed by atoms with Crippen LogP contribution < -0.4 is 10.6 Å². The van der Waals surface area contributed by atoms with Crippen LogP contribution in [-0.4, -0.2) is 31.6 Å². The molecule has 1 atom stereocenters. The van der Waals surface area contributed by atoms with Gasteiger partial charge in [0.15, 0.2) is 0 Å². The summed E-state index contributed by atoms with van der Waals surface area (Å²) in [6.07, 6.45) is 0. The number of carbonyl (C=O) groups excluding carboxylic acids is 1. The van der Waals surface area contributed by atoms with Gasteiger partial charge in [-0.25, -0.2) is 4.79 Å². The Hall–Kier alpha value is -2.33. The molecular weight excluding hydrogens is 262 g/mol. The standard InChI is InChI=1S/C17H21N3O/c1-20(2)13-16(14-9-5-3-6-10-14)19-17(21)18-15-11-7-4-8-12-15/h3-12,16H,13H2,1-2H3,(H2,18,19,21)/t16-/m0/s1. The van der Waals surface area contributed by atoms with E-state index in [0.29, 0.717) is 0 Å². The van der Waals surface area contributed by atoms with Crippen LogP contribution >= 0.6 is 0 Å². The summed E-state index contributed by atoms with van der Waals surface area (Å²) in [6, 6.07) is 19.2. The summed E-state index contributed by atoms with van der Waals surface area (Å²) in [4.78, 5) is 14.2. The zero-order chi connectivity index (χ0) is 15.1. The molecule has 4 nitrogen and oxygen atoms in total. The Bertz CT molecular complexity index is 555. The number of para-hydroxylation sites is 1. The first kappa shape index (κ1) is 15.1. The monoisotopic (exact) mass is 283 g/mol. The summed E-state index contributed by atoms with van der Waals surface area (Å²) in [5.41, 5.74) is 1.88. The number of carbonyl (C=O) groups is 1. The van der Waals surface area contributed by atoms with Crippen LogP contribution in [0.25, 0.3) is 0 Å².